The highest BCUT2D eigenvalue weighted by Crippen LogP contribution is 2.31. The molecule has 2 rings (SSSR count). The van der Waals surface area contributed by atoms with Crippen molar-refractivity contribution in [2.24, 2.45) is 0 Å². The van der Waals surface area contributed by atoms with Crippen molar-refractivity contribution >= 4 is 16.6 Å². The molecular formula is C14H16N2O3. The molecule has 0 radical (unpaired) electrons. The third-order valence-electron chi connectivity index (χ3n) is 3.47. The third kappa shape index (κ3) is 2.42. The highest BCUT2D eigenvalue weighted by atomic mass is 16.6. The van der Waals surface area contributed by atoms with Crippen LogP contribution in [0, 0.1) is 10.1 Å². The van der Waals surface area contributed by atoms with Crippen molar-refractivity contribution < 1.29 is 10.0 Å². The number of para-hydroxylation sites is 1. The molecule has 0 fully saturated rings. The fraction of sp³-hybridized carbons (Fsp3) is 0.357. The molecule has 0 spiro atoms. The number of fused-ring (bicyclic) bond motifs is 1. The molecule has 2 atom stereocenters. The Morgan fingerprint density at radius 1 is 1.42 bits per heavy atom. The number of nitro benzene ring substituents is 1. The van der Waals surface area contributed by atoms with Gasteiger partial charge in [0.15, 0.2) is 0 Å². The zero-order valence-corrected chi connectivity index (χ0v) is 10.9. The molecule has 0 saturated carbocycles. The zero-order chi connectivity index (χ0) is 14.0. The topological polar surface area (TPSA) is 76.3 Å². The van der Waals surface area contributed by atoms with Crippen molar-refractivity contribution in [1.29, 1.82) is 0 Å². The van der Waals surface area contributed by atoms with Crippen LogP contribution in [-0.2, 0) is 0 Å². The van der Waals surface area contributed by atoms with E-state index in [0.29, 0.717) is 11.9 Å². The molecule has 0 bridgehead atoms. The summed E-state index contributed by atoms with van der Waals surface area (Å²) in [5, 5.41) is 21.7. The number of nitro groups is 1. The van der Waals surface area contributed by atoms with Gasteiger partial charge in [-0.2, -0.15) is 0 Å². The number of hydrogen-bond acceptors (Lipinski definition) is 4. The number of pyridine rings is 1. The number of benzene rings is 1. The minimum absolute atomic E-state index is 0.00228. The van der Waals surface area contributed by atoms with Crippen LogP contribution >= 0.6 is 0 Å². The number of aromatic nitrogens is 1. The summed E-state index contributed by atoms with van der Waals surface area (Å²) in [7, 11) is 0. The zero-order valence-electron chi connectivity index (χ0n) is 10.9. The van der Waals surface area contributed by atoms with E-state index in [9.17, 15) is 15.2 Å². The standard InChI is InChI=1S/C14H16N2O3/c1-3-13(17)9(2)10-7-8-15-14-11(10)5-4-6-12(14)16(18)19/h4-9,13,17H,3H2,1-2H3. The molecule has 5 heteroatoms. The van der Waals surface area contributed by atoms with Gasteiger partial charge < -0.3 is 5.11 Å². The van der Waals surface area contributed by atoms with Crippen LogP contribution in [-0.4, -0.2) is 21.1 Å². The average molecular weight is 260 g/mol. The summed E-state index contributed by atoms with van der Waals surface area (Å²) in [6.45, 7) is 3.83. The molecule has 2 aromatic rings. The minimum atomic E-state index is -0.468. The van der Waals surface area contributed by atoms with E-state index >= 15 is 0 Å². The molecule has 1 aromatic carbocycles. The minimum Gasteiger partial charge on any atom is -0.393 e. The summed E-state index contributed by atoms with van der Waals surface area (Å²) < 4.78 is 0. The fourth-order valence-corrected chi connectivity index (χ4v) is 2.29. The van der Waals surface area contributed by atoms with Crippen LogP contribution in [0.1, 0.15) is 31.7 Å². The van der Waals surface area contributed by atoms with E-state index in [1.54, 1.807) is 12.3 Å². The molecule has 19 heavy (non-hydrogen) atoms. The predicted molar refractivity (Wildman–Crippen MR) is 73.1 cm³/mol. The summed E-state index contributed by atoms with van der Waals surface area (Å²) in [4.78, 5) is 14.7. The molecule has 0 amide bonds. The Morgan fingerprint density at radius 2 is 2.16 bits per heavy atom. The van der Waals surface area contributed by atoms with Crippen molar-refractivity contribution in [3.8, 4) is 0 Å². The molecule has 2 unspecified atom stereocenters. The van der Waals surface area contributed by atoms with Gasteiger partial charge >= 0.3 is 0 Å². The number of rotatable bonds is 4. The van der Waals surface area contributed by atoms with Crippen LogP contribution < -0.4 is 0 Å². The van der Waals surface area contributed by atoms with E-state index in [-0.39, 0.29) is 11.6 Å². The summed E-state index contributed by atoms with van der Waals surface area (Å²) >= 11 is 0. The Hall–Kier alpha value is -2.01. The van der Waals surface area contributed by atoms with Gasteiger partial charge in [0.1, 0.15) is 5.52 Å². The third-order valence-corrected chi connectivity index (χ3v) is 3.47. The van der Waals surface area contributed by atoms with E-state index in [1.165, 1.54) is 6.07 Å². The van der Waals surface area contributed by atoms with E-state index in [1.807, 2.05) is 26.0 Å². The summed E-state index contributed by atoms with van der Waals surface area (Å²) in [5.74, 6) is -0.0856. The summed E-state index contributed by atoms with van der Waals surface area (Å²) in [6.07, 6.45) is 1.73. The second-order valence-corrected chi connectivity index (χ2v) is 4.59. The lowest BCUT2D eigenvalue weighted by Crippen LogP contribution is -2.14. The van der Waals surface area contributed by atoms with Gasteiger partial charge in [-0.3, -0.25) is 10.1 Å². The lowest BCUT2D eigenvalue weighted by Gasteiger charge is -2.19. The van der Waals surface area contributed by atoms with Gasteiger partial charge in [-0.1, -0.05) is 26.0 Å². The number of nitrogens with zero attached hydrogens (tertiary/aromatic N) is 2. The molecule has 0 aliphatic carbocycles. The maximum atomic E-state index is 11.0. The maximum Gasteiger partial charge on any atom is 0.295 e. The first kappa shape index (κ1) is 13.4. The van der Waals surface area contributed by atoms with Crippen LogP contribution in [0.5, 0.6) is 0 Å². The van der Waals surface area contributed by atoms with Crippen molar-refractivity contribution in [3.63, 3.8) is 0 Å². The lowest BCUT2D eigenvalue weighted by atomic mass is 9.91. The first-order valence-electron chi connectivity index (χ1n) is 6.26. The molecule has 1 N–H and O–H groups in total. The van der Waals surface area contributed by atoms with Crippen molar-refractivity contribution in [1.82, 2.24) is 4.98 Å². The molecule has 0 aliphatic rings. The smallest absolute Gasteiger partial charge is 0.295 e. The summed E-state index contributed by atoms with van der Waals surface area (Å²) in [6, 6.07) is 6.72. The van der Waals surface area contributed by atoms with Crippen molar-refractivity contribution in [3.05, 3.63) is 46.1 Å². The van der Waals surface area contributed by atoms with Crippen LogP contribution in [0.2, 0.25) is 0 Å². The SMILES string of the molecule is CCC(O)C(C)c1ccnc2c([N+](=O)[O-])cccc12. The number of aliphatic hydroxyl groups excluding tert-OH is 1. The second-order valence-electron chi connectivity index (χ2n) is 4.59. The Morgan fingerprint density at radius 3 is 2.79 bits per heavy atom. The molecular weight excluding hydrogens is 244 g/mol. The average Bonchev–Trinajstić information content (AvgIpc) is 2.44. The van der Waals surface area contributed by atoms with Crippen LogP contribution in [0.3, 0.4) is 0 Å². The van der Waals surface area contributed by atoms with Crippen molar-refractivity contribution in [2.75, 3.05) is 0 Å². The molecule has 0 aliphatic heterocycles. The largest absolute Gasteiger partial charge is 0.393 e. The predicted octanol–water partition coefficient (Wildman–Crippen LogP) is 3.02. The van der Waals surface area contributed by atoms with Crippen LogP contribution in [0.15, 0.2) is 30.5 Å². The molecule has 1 aromatic heterocycles. The van der Waals surface area contributed by atoms with Gasteiger partial charge in [0.05, 0.1) is 11.0 Å². The molecule has 0 saturated heterocycles. The lowest BCUT2D eigenvalue weighted by molar-refractivity contribution is -0.383. The number of non-ortho nitro benzene ring substituents is 1. The number of hydrogen-bond donors (Lipinski definition) is 1. The number of aliphatic hydroxyl groups is 1. The Balaban J connectivity index is 2.64. The molecule has 100 valence electrons. The highest BCUT2D eigenvalue weighted by molar-refractivity contribution is 5.89. The van der Waals surface area contributed by atoms with Crippen molar-refractivity contribution in [2.45, 2.75) is 32.3 Å². The first-order valence-corrected chi connectivity index (χ1v) is 6.26. The van der Waals surface area contributed by atoms with Gasteiger partial charge in [-0.15, -0.1) is 0 Å². The Labute approximate surface area is 111 Å². The van der Waals surface area contributed by atoms with Gasteiger partial charge in [-0.05, 0) is 18.1 Å². The first-order chi connectivity index (χ1) is 9.06. The second kappa shape index (κ2) is 5.32. The van der Waals surface area contributed by atoms with E-state index in [2.05, 4.69) is 4.98 Å². The maximum absolute atomic E-state index is 11.0. The van der Waals surface area contributed by atoms with E-state index < -0.39 is 11.0 Å². The van der Waals surface area contributed by atoms with Gasteiger partial charge in [-0.25, -0.2) is 4.98 Å². The normalized spacial score (nSPS) is 14.3. The van der Waals surface area contributed by atoms with Crippen LogP contribution in [0.25, 0.3) is 10.9 Å². The molecule has 5 nitrogen and oxygen atoms in total. The van der Waals surface area contributed by atoms with Gasteiger partial charge in [0.25, 0.3) is 5.69 Å². The molecule has 1 heterocycles. The van der Waals surface area contributed by atoms with Gasteiger partial charge in [0.2, 0.25) is 0 Å². The highest BCUT2D eigenvalue weighted by Gasteiger charge is 2.20. The monoisotopic (exact) mass is 260 g/mol. The van der Waals surface area contributed by atoms with Gasteiger partial charge in [0, 0.05) is 23.6 Å². The fourth-order valence-electron chi connectivity index (χ4n) is 2.29. The van der Waals surface area contributed by atoms with Crippen LogP contribution in [0.4, 0.5) is 5.69 Å². The van der Waals surface area contributed by atoms with E-state index in [0.717, 1.165) is 10.9 Å². The van der Waals surface area contributed by atoms with E-state index in [4.69, 9.17) is 0 Å². The Bertz CT molecular complexity index is 613. The quantitative estimate of drug-likeness (QED) is 0.677. The Kier molecular flexibility index (Phi) is 3.76. The summed E-state index contributed by atoms with van der Waals surface area (Å²) in [5.41, 5.74) is 1.26.